The van der Waals surface area contributed by atoms with Gasteiger partial charge in [-0.05, 0) is 61.4 Å². The predicted octanol–water partition coefficient (Wildman–Crippen LogP) is 3.90. The van der Waals surface area contributed by atoms with Crippen LogP contribution < -0.4 is 10.6 Å². The van der Waals surface area contributed by atoms with Gasteiger partial charge in [0, 0.05) is 17.5 Å². The molecule has 0 spiro atoms. The summed E-state index contributed by atoms with van der Waals surface area (Å²) in [6.45, 7) is 6.97. The van der Waals surface area contributed by atoms with Gasteiger partial charge in [0.2, 0.25) is 0 Å². The molecule has 1 unspecified atom stereocenters. The number of aliphatic hydroxyl groups is 1. The minimum Gasteiger partial charge on any atom is -0.459 e. The maximum absolute atomic E-state index is 13.5. The summed E-state index contributed by atoms with van der Waals surface area (Å²) in [5.41, 5.74) is 1.40. The Morgan fingerprint density at radius 1 is 1.33 bits per heavy atom. The lowest BCUT2D eigenvalue weighted by Gasteiger charge is -2.24. The Kier molecular flexibility index (Phi) is 5.82. The summed E-state index contributed by atoms with van der Waals surface area (Å²) in [4.78, 5) is 4.55. The van der Waals surface area contributed by atoms with Gasteiger partial charge in [-0.1, -0.05) is 0 Å². The first-order valence-electron chi connectivity index (χ1n) is 8.85. The summed E-state index contributed by atoms with van der Waals surface area (Å²) < 4.78 is 19.3. The number of aryl methyl sites for hydroxylation is 1. The van der Waals surface area contributed by atoms with Crippen LogP contribution in [0.5, 0.6) is 0 Å². The molecule has 2 heterocycles. The van der Waals surface area contributed by atoms with Crippen LogP contribution in [-0.2, 0) is 12.1 Å². The van der Waals surface area contributed by atoms with E-state index >= 15 is 0 Å². The first-order chi connectivity index (χ1) is 12.9. The first-order valence-corrected chi connectivity index (χ1v) is 9.79. The van der Waals surface area contributed by atoms with E-state index in [9.17, 15) is 9.50 Å². The first kappa shape index (κ1) is 19.4. The zero-order chi connectivity index (χ0) is 19.4. The highest BCUT2D eigenvalue weighted by atomic mass is 32.1. The van der Waals surface area contributed by atoms with Gasteiger partial charge >= 0.3 is 0 Å². The number of nitrogens with zero attached hydrogens (tertiary/aromatic N) is 1. The highest BCUT2D eigenvalue weighted by molar-refractivity contribution is 7.08. The van der Waals surface area contributed by atoms with Crippen molar-refractivity contribution in [2.75, 3.05) is 13.1 Å². The number of nitrogens with one attached hydrogen (secondary N) is 2. The van der Waals surface area contributed by atoms with Crippen LogP contribution in [0, 0.1) is 12.7 Å². The van der Waals surface area contributed by atoms with Crippen molar-refractivity contribution in [2.45, 2.75) is 32.9 Å². The Bertz CT molecular complexity index is 932. The van der Waals surface area contributed by atoms with E-state index in [0.29, 0.717) is 36.9 Å². The fourth-order valence-electron chi connectivity index (χ4n) is 2.82. The number of furan rings is 1. The molecule has 144 valence electrons. The molecule has 3 rings (SSSR count). The number of fused-ring (bicyclic) bond motifs is 1. The number of hydrogen-bond donors (Lipinski definition) is 3. The maximum Gasteiger partial charge on any atom is 0.191 e. The Balaban J connectivity index is 1.73. The van der Waals surface area contributed by atoms with E-state index in [1.165, 1.54) is 12.1 Å². The normalized spacial score (nSPS) is 14.3. The van der Waals surface area contributed by atoms with Crippen molar-refractivity contribution < 1.29 is 13.9 Å². The molecule has 1 atom stereocenters. The molecule has 5 nitrogen and oxygen atoms in total. The number of thiophene rings is 1. The molecule has 0 bridgehead atoms. The molecule has 0 amide bonds. The Hall–Kier alpha value is -2.38. The van der Waals surface area contributed by atoms with Crippen LogP contribution in [0.25, 0.3) is 11.0 Å². The van der Waals surface area contributed by atoms with Gasteiger partial charge < -0.3 is 20.2 Å². The molecular weight excluding hydrogens is 365 g/mol. The van der Waals surface area contributed by atoms with Crippen LogP contribution in [0.15, 0.2) is 44.4 Å². The zero-order valence-electron chi connectivity index (χ0n) is 15.7. The number of rotatable bonds is 6. The lowest BCUT2D eigenvalue weighted by molar-refractivity contribution is 0.0621. The second-order valence-corrected chi connectivity index (χ2v) is 7.41. The second-order valence-electron chi connectivity index (χ2n) is 6.63. The average Bonchev–Trinajstić information content (AvgIpc) is 3.27. The van der Waals surface area contributed by atoms with Crippen molar-refractivity contribution in [3.63, 3.8) is 0 Å². The van der Waals surface area contributed by atoms with Crippen molar-refractivity contribution >= 4 is 28.3 Å². The Labute approximate surface area is 161 Å². The SMILES string of the molecule is CCNC(=NCc1oc2ccc(F)cc2c1C)NCC(C)(O)c1ccsc1. The largest absolute Gasteiger partial charge is 0.459 e. The minimum atomic E-state index is -0.997. The van der Waals surface area contributed by atoms with Gasteiger partial charge in [-0.3, -0.25) is 0 Å². The summed E-state index contributed by atoms with van der Waals surface area (Å²) in [5.74, 6) is 0.989. The molecule has 0 fully saturated rings. The average molecular weight is 389 g/mol. The topological polar surface area (TPSA) is 69.8 Å². The molecule has 0 saturated heterocycles. The Morgan fingerprint density at radius 3 is 2.85 bits per heavy atom. The molecule has 3 aromatic rings. The van der Waals surface area contributed by atoms with Gasteiger partial charge in [0.15, 0.2) is 5.96 Å². The molecule has 0 aliphatic carbocycles. The fourth-order valence-corrected chi connectivity index (χ4v) is 3.60. The lowest BCUT2D eigenvalue weighted by atomic mass is 9.99. The van der Waals surface area contributed by atoms with Gasteiger partial charge in [-0.2, -0.15) is 11.3 Å². The van der Waals surface area contributed by atoms with E-state index in [-0.39, 0.29) is 5.82 Å². The van der Waals surface area contributed by atoms with Gasteiger partial charge in [-0.15, -0.1) is 0 Å². The standard InChI is InChI=1S/C20H24FN3O2S/c1-4-22-19(24-12-20(3,25)14-7-8-27-11-14)23-10-18-13(2)16-9-15(21)5-6-17(16)26-18/h5-9,11,25H,4,10,12H2,1-3H3,(H2,22,23,24). The van der Waals surface area contributed by atoms with Crippen LogP contribution in [-0.4, -0.2) is 24.2 Å². The third-order valence-electron chi connectivity index (χ3n) is 4.47. The summed E-state index contributed by atoms with van der Waals surface area (Å²) in [5, 5.41) is 21.6. The number of benzene rings is 1. The summed E-state index contributed by atoms with van der Waals surface area (Å²) in [6, 6.07) is 6.40. The number of guanidine groups is 1. The van der Waals surface area contributed by atoms with E-state index in [2.05, 4.69) is 15.6 Å². The van der Waals surface area contributed by atoms with Crippen molar-refractivity contribution in [3.8, 4) is 0 Å². The van der Waals surface area contributed by atoms with E-state index in [0.717, 1.165) is 16.5 Å². The molecular formula is C20H24FN3O2S. The van der Waals surface area contributed by atoms with Gasteiger partial charge in [-0.25, -0.2) is 9.38 Å². The molecule has 27 heavy (non-hydrogen) atoms. The molecule has 1 aromatic carbocycles. The third-order valence-corrected chi connectivity index (χ3v) is 5.15. The molecule has 0 saturated carbocycles. The van der Waals surface area contributed by atoms with E-state index in [1.54, 1.807) is 24.3 Å². The molecule has 2 aromatic heterocycles. The van der Waals surface area contributed by atoms with Crippen LogP contribution in [0.4, 0.5) is 4.39 Å². The van der Waals surface area contributed by atoms with E-state index in [4.69, 9.17) is 4.42 Å². The van der Waals surface area contributed by atoms with Crippen molar-refractivity contribution in [3.05, 3.63) is 57.7 Å². The quantitative estimate of drug-likeness (QED) is 0.442. The lowest BCUT2D eigenvalue weighted by Crippen LogP contribution is -2.44. The van der Waals surface area contributed by atoms with Crippen molar-refractivity contribution in [1.82, 2.24) is 10.6 Å². The van der Waals surface area contributed by atoms with Gasteiger partial charge in [0.05, 0.1) is 6.54 Å². The highest BCUT2D eigenvalue weighted by Crippen LogP contribution is 2.26. The van der Waals surface area contributed by atoms with E-state index < -0.39 is 5.60 Å². The van der Waals surface area contributed by atoms with Crippen molar-refractivity contribution in [1.29, 1.82) is 0 Å². The molecule has 0 aliphatic rings. The van der Waals surface area contributed by atoms with Crippen LogP contribution in [0.1, 0.15) is 30.7 Å². The monoisotopic (exact) mass is 389 g/mol. The molecule has 0 aliphatic heterocycles. The van der Waals surface area contributed by atoms with Crippen LogP contribution >= 0.6 is 11.3 Å². The minimum absolute atomic E-state index is 0.285. The summed E-state index contributed by atoms with van der Waals surface area (Å²) in [7, 11) is 0. The second kappa shape index (κ2) is 8.10. The zero-order valence-corrected chi connectivity index (χ0v) is 16.5. The number of aliphatic imine (C=N–C) groups is 1. The predicted molar refractivity (Wildman–Crippen MR) is 108 cm³/mol. The molecule has 3 N–H and O–H groups in total. The van der Waals surface area contributed by atoms with E-state index in [1.807, 2.05) is 30.7 Å². The highest BCUT2D eigenvalue weighted by Gasteiger charge is 2.23. The smallest absolute Gasteiger partial charge is 0.191 e. The van der Waals surface area contributed by atoms with Crippen molar-refractivity contribution in [2.24, 2.45) is 4.99 Å². The third kappa shape index (κ3) is 4.48. The molecule has 7 heteroatoms. The van der Waals surface area contributed by atoms with Crippen LogP contribution in [0.3, 0.4) is 0 Å². The summed E-state index contributed by atoms with van der Waals surface area (Å²) >= 11 is 1.55. The molecule has 0 radical (unpaired) electrons. The fraction of sp³-hybridized carbons (Fsp3) is 0.350. The van der Waals surface area contributed by atoms with Gasteiger partial charge in [0.1, 0.15) is 29.3 Å². The number of halogens is 1. The van der Waals surface area contributed by atoms with Gasteiger partial charge in [0.25, 0.3) is 0 Å². The van der Waals surface area contributed by atoms with Crippen LogP contribution in [0.2, 0.25) is 0 Å². The number of hydrogen-bond acceptors (Lipinski definition) is 4. The summed E-state index contributed by atoms with van der Waals surface area (Å²) in [6.07, 6.45) is 0. The maximum atomic E-state index is 13.5. The Morgan fingerprint density at radius 2 is 2.15 bits per heavy atom.